The summed E-state index contributed by atoms with van der Waals surface area (Å²) in [6.07, 6.45) is 0. The molecule has 1 aromatic carbocycles. The highest BCUT2D eigenvalue weighted by molar-refractivity contribution is 7.89. The second-order valence-electron chi connectivity index (χ2n) is 4.17. The molecule has 112 valence electrons. The average Bonchev–Trinajstić information content (AvgIpc) is 2.95. The Hall–Kier alpha value is -1.41. The smallest absolute Gasteiger partial charge is 0.261 e. The number of hydrogen-bond donors (Lipinski definition) is 2. The molecule has 0 unspecified atom stereocenters. The number of amides is 1. The summed E-state index contributed by atoms with van der Waals surface area (Å²) in [5.74, 6) is -0.322. The van der Waals surface area contributed by atoms with Crippen molar-refractivity contribution in [3.63, 3.8) is 0 Å². The Morgan fingerprint density at radius 1 is 1.33 bits per heavy atom. The van der Waals surface area contributed by atoms with Crippen molar-refractivity contribution in [2.24, 2.45) is 0 Å². The van der Waals surface area contributed by atoms with E-state index >= 15 is 0 Å². The molecule has 1 heterocycles. The van der Waals surface area contributed by atoms with Crippen LogP contribution in [0.2, 0.25) is 5.02 Å². The Morgan fingerprint density at radius 2 is 2.10 bits per heavy atom. The number of sulfonamides is 1. The van der Waals surface area contributed by atoms with E-state index in [-0.39, 0.29) is 10.8 Å². The van der Waals surface area contributed by atoms with Crippen LogP contribution in [0.15, 0.2) is 40.6 Å². The molecule has 0 aliphatic rings. The third-order valence-electron chi connectivity index (χ3n) is 2.72. The van der Waals surface area contributed by atoms with Gasteiger partial charge in [-0.2, -0.15) is 0 Å². The van der Waals surface area contributed by atoms with Gasteiger partial charge in [0.1, 0.15) is 0 Å². The monoisotopic (exact) mass is 344 g/mol. The van der Waals surface area contributed by atoms with E-state index in [9.17, 15) is 13.2 Å². The SMILES string of the molecule is CNS(=O)(=O)c1csc(C(=O)NCc2cccc(Cl)c2)c1. The molecule has 0 spiro atoms. The Bertz CT molecular complexity index is 756. The Morgan fingerprint density at radius 3 is 2.76 bits per heavy atom. The lowest BCUT2D eigenvalue weighted by molar-refractivity contribution is 0.0955. The maximum absolute atomic E-state index is 12.0. The summed E-state index contributed by atoms with van der Waals surface area (Å²) in [5.41, 5.74) is 0.871. The van der Waals surface area contributed by atoms with Crippen molar-refractivity contribution in [1.29, 1.82) is 0 Å². The number of carbonyl (C=O) groups is 1. The van der Waals surface area contributed by atoms with E-state index in [2.05, 4.69) is 10.0 Å². The summed E-state index contributed by atoms with van der Waals surface area (Å²) in [5, 5.41) is 4.75. The number of rotatable bonds is 5. The average molecular weight is 345 g/mol. The summed E-state index contributed by atoms with van der Waals surface area (Å²) >= 11 is 6.94. The molecule has 0 fully saturated rings. The van der Waals surface area contributed by atoms with Crippen LogP contribution in [-0.2, 0) is 16.6 Å². The molecular weight excluding hydrogens is 332 g/mol. The third-order valence-corrected chi connectivity index (χ3v) is 5.43. The van der Waals surface area contributed by atoms with Crippen LogP contribution in [0.4, 0.5) is 0 Å². The summed E-state index contributed by atoms with van der Waals surface area (Å²) in [6, 6.07) is 8.50. The number of halogens is 1. The zero-order valence-electron chi connectivity index (χ0n) is 11.1. The van der Waals surface area contributed by atoms with Crippen molar-refractivity contribution in [1.82, 2.24) is 10.0 Å². The van der Waals surface area contributed by atoms with Gasteiger partial charge in [0.2, 0.25) is 10.0 Å². The van der Waals surface area contributed by atoms with Crippen LogP contribution in [0.25, 0.3) is 0 Å². The lowest BCUT2D eigenvalue weighted by Gasteiger charge is -2.04. The highest BCUT2D eigenvalue weighted by Gasteiger charge is 2.16. The molecule has 21 heavy (non-hydrogen) atoms. The summed E-state index contributed by atoms with van der Waals surface area (Å²) in [7, 11) is -2.20. The fraction of sp³-hybridized carbons (Fsp3) is 0.154. The van der Waals surface area contributed by atoms with Gasteiger partial charge in [0.05, 0.1) is 9.77 Å². The second kappa shape index (κ2) is 6.57. The molecule has 0 bridgehead atoms. The molecule has 0 atom stereocenters. The molecular formula is C13H13ClN2O3S2. The summed E-state index contributed by atoms with van der Waals surface area (Å²) in [6.45, 7) is 0.325. The van der Waals surface area contributed by atoms with Gasteiger partial charge in [-0.05, 0) is 30.8 Å². The van der Waals surface area contributed by atoms with E-state index in [0.717, 1.165) is 16.9 Å². The number of nitrogens with one attached hydrogen (secondary N) is 2. The normalized spacial score (nSPS) is 11.3. The molecule has 1 amide bonds. The molecule has 0 aliphatic heterocycles. The molecule has 0 saturated carbocycles. The highest BCUT2D eigenvalue weighted by atomic mass is 35.5. The first-order chi connectivity index (χ1) is 9.92. The quantitative estimate of drug-likeness (QED) is 0.873. The van der Waals surface area contributed by atoms with Gasteiger partial charge >= 0.3 is 0 Å². The van der Waals surface area contributed by atoms with Crippen LogP contribution in [0, 0.1) is 0 Å². The maximum atomic E-state index is 12.0. The molecule has 0 radical (unpaired) electrons. The fourth-order valence-corrected chi connectivity index (χ4v) is 3.75. The molecule has 8 heteroatoms. The predicted octanol–water partition coefficient (Wildman–Crippen LogP) is 2.24. The molecule has 0 aliphatic carbocycles. The van der Waals surface area contributed by atoms with Gasteiger partial charge in [0, 0.05) is 16.9 Å². The van der Waals surface area contributed by atoms with Gasteiger partial charge < -0.3 is 5.32 Å². The van der Waals surface area contributed by atoms with Gasteiger partial charge in [-0.1, -0.05) is 23.7 Å². The largest absolute Gasteiger partial charge is 0.347 e. The van der Waals surface area contributed by atoms with Gasteiger partial charge in [-0.15, -0.1) is 11.3 Å². The first kappa shape index (κ1) is 16.0. The van der Waals surface area contributed by atoms with E-state index in [0.29, 0.717) is 16.4 Å². The third kappa shape index (κ3) is 4.04. The topological polar surface area (TPSA) is 75.3 Å². The molecule has 2 rings (SSSR count). The summed E-state index contributed by atoms with van der Waals surface area (Å²) in [4.78, 5) is 12.4. The van der Waals surface area contributed by atoms with E-state index in [1.807, 2.05) is 6.07 Å². The van der Waals surface area contributed by atoms with Crippen LogP contribution in [0.5, 0.6) is 0 Å². The number of benzene rings is 1. The molecule has 1 aromatic heterocycles. The van der Waals surface area contributed by atoms with Crippen LogP contribution >= 0.6 is 22.9 Å². The minimum Gasteiger partial charge on any atom is -0.347 e. The van der Waals surface area contributed by atoms with E-state index in [1.165, 1.54) is 18.5 Å². The van der Waals surface area contributed by atoms with E-state index in [4.69, 9.17) is 11.6 Å². The van der Waals surface area contributed by atoms with Crippen LogP contribution in [0.3, 0.4) is 0 Å². The Balaban J connectivity index is 2.04. The van der Waals surface area contributed by atoms with E-state index < -0.39 is 10.0 Å². The predicted molar refractivity (Wildman–Crippen MR) is 83.2 cm³/mol. The minimum atomic E-state index is -3.52. The van der Waals surface area contributed by atoms with Gasteiger partial charge in [0.25, 0.3) is 5.91 Å². The lowest BCUT2D eigenvalue weighted by Crippen LogP contribution is -2.22. The fourth-order valence-electron chi connectivity index (χ4n) is 1.61. The van der Waals surface area contributed by atoms with E-state index in [1.54, 1.807) is 18.2 Å². The number of thiophene rings is 1. The first-order valence-electron chi connectivity index (χ1n) is 5.97. The zero-order chi connectivity index (χ0) is 15.5. The van der Waals surface area contributed by atoms with Crippen molar-refractivity contribution < 1.29 is 13.2 Å². The second-order valence-corrected chi connectivity index (χ2v) is 7.40. The zero-order valence-corrected chi connectivity index (χ0v) is 13.5. The molecule has 2 aromatic rings. The van der Waals surface area contributed by atoms with Crippen molar-refractivity contribution in [2.45, 2.75) is 11.4 Å². The van der Waals surface area contributed by atoms with Crippen molar-refractivity contribution >= 4 is 38.9 Å². The summed E-state index contributed by atoms with van der Waals surface area (Å²) < 4.78 is 25.4. The molecule has 0 saturated heterocycles. The minimum absolute atomic E-state index is 0.0860. The lowest BCUT2D eigenvalue weighted by atomic mass is 10.2. The Kier molecular flexibility index (Phi) is 5.00. The first-order valence-corrected chi connectivity index (χ1v) is 8.71. The van der Waals surface area contributed by atoms with Gasteiger partial charge in [0.15, 0.2) is 0 Å². The Labute approximate surface area is 132 Å². The number of hydrogen-bond acceptors (Lipinski definition) is 4. The highest BCUT2D eigenvalue weighted by Crippen LogP contribution is 2.19. The van der Waals surface area contributed by atoms with Gasteiger partial charge in [-0.25, -0.2) is 13.1 Å². The molecule has 2 N–H and O–H groups in total. The van der Waals surface area contributed by atoms with Crippen molar-refractivity contribution in [3.8, 4) is 0 Å². The van der Waals surface area contributed by atoms with Crippen LogP contribution in [0.1, 0.15) is 15.2 Å². The van der Waals surface area contributed by atoms with Crippen molar-refractivity contribution in [2.75, 3.05) is 7.05 Å². The van der Waals surface area contributed by atoms with Crippen LogP contribution < -0.4 is 10.0 Å². The van der Waals surface area contributed by atoms with Crippen LogP contribution in [-0.4, -0.2) is 21.4 Å². The standard InChI is InChI=1S/C13H13ClN2O3S2/c1-15-21(18,19)11-6-12(20-8-11)13(17)16-7-9-3-2-4-10(14)5-9/h2-6,8,15H,7H2,1H3,(H,16,17). The number of carbonyl (C=O) groups excluding carboxylic acids is 1. The molecule has 5 nitrogen and oxygen atoms in total. The van der Waals surface area contributed by atoms with Crippen molar-refractivity contribution in [3.05, 3.63) is 51.2 Å². The van der Waals surface area contributed by atoms with Gasteiger partial charge in [-0.3, -0.25) is 4.79 Å². The maximum Gasteiger partial charge on any atom is 0.261 e.